The molecular weight excluding hydrogens is 156 g/mol. The van der Waals surface area contributed by atoms with Gasteiger partial charge >= 0.3 is 0 Å². The van der Waals surface area contributed by atoms with E-state index in [4.69, 9.17) is 10.5 Å². The zero-order valence-corrected chi connectivity index (χ0v) is 7.45. The van der Waals surface area contributed by atoms with Crippen molar-refractivity contribution in [2.75, 3.05) is 26.2 Å². The minimum Gasteiger partial charge on any atom is -0.366 e. The van der Waals surface area contributed by atoms with Crippen LogP contribution in [-0.2, 0) is 9.53 Å². The van der Waals surface area contributed by atoms with Crippen LogP contribution in [0, 0.1) is 0 Å². The molecule has 1 atom stereocenters. The van der Waals surface area contributed by atoms with E-state index in [1.54, 1.807) is 0 Å². The summed E-state index contributed by atoms with van der Waals surface area (Å²) in [5, 5.41) is 0. The lowest BCUT2D eigenvalue weighted by Gasteiger charge is -2.31. The Labute approximate surface area is 72.7 Å². The summed E-state index contributed by atoms with van der Waals surface area (Å²) in [6.07, 6.45) is 0.346. The van der Waals surface area contributed by atoms with Gasteiger partial charge in [0, 0.05) is 13.1 Å². The van der Waals surface area contributed by atoms with E-state index in [0.29, 0.717) is 19.6 Å². The molecule has 0 aliphatic carbocycles. The van der Waals surface area contributed by atoms with Crippen molar-refractivity contribution >= 4 is 5.91 Å². The number of carbonyl (C=O) groups excluding carboxylic acids is 1. The normalized spacial score (nSPS) is 24.7. The first-order chi connectivity index (χ1) is 5.79. The third-order valence-corrected chi connectivity index (χ3v) is 2.08. The highest BCUT2D eigenvalue weighted by Gasteiger charge is 2.27. The maximum Gasteiger partial charge on any atom is 0.251 e. The van der Waals surface area contributed by atoms with Crippen molar-refractivity contribution in [1.29, 1.82) is 0 Å². The SMILES string of the molecule is CCN1CCOC(CCN)C1=O. The fourth-order valence-electron chi connectivity index (χ4n) is 1.36. The molecule has 2 N–H and O–H groups in total. The van der Waals surface area contributed by atoms with Crippen molar-refractivity contribution in [3.05, 3.63) is 0 Å². The third kappa shape index (κ3) is 1.95. The molecule has 4 nitrogen and oxygen atoms in total. The average molecular weight is 172 g/mol. The van der Waals surface area contributed by atoms with Gasteiger partial charge in [0.05, 0.1) is 6.61 Å². The van der Waals surface area contributed by atoms with Crippen LogP contribution in [0.3, 0.4) is 0 Å². The Hall–Kier alpha value is -0.610. The van der Waals surface area contributed by atoms with Crippen LogP contribution in [-0.4, -0.2) is 43.2 Å². The number of likely N-dealkylation sites (N-methyl/N-ethyl adjacent to an activating group) is 1. The highest BCUT2D eigenvalue weighted by molar-refractivity contribution is 5.81. The maximum absolute atomic E-state index is 11.5. The summed E-state index contributed by atoms with van der Waals surface area (Å²) >= 11 is 0. The number of nitrogens with zero attached hydrogens (tertiary/aromatic N) is 1. The molecule has 70 valence electrons. The summed E-state index contributed by atoms with van der Waals surface area (Å²) in [5.41, 5.74) is 5.36. The van der Waals surface area contributed by atoms with Crippen LogP contribution < -0.4 is 5.73 Å². The minimum absolute atomic E-state index is 0.0919. The van der Waals surface area contributed by atoms with Crippen LogP contribution in [0.5, 0.6) is 0 Å². The number of carbonyl (C=O) groups is 1. The van der Waals surface area contributed by atoms with Gasteiger partial charge in [0.1, 0.15) is 6.10 Å². The van der Waals surface area contributed by atoms with E-state index >= 15 is 0 Å². The predicted molar refractivity (Wildman–Crippen MR) is 45.7 cm³/mol. The van der Waals surface area contributed by atoms with Gasteiger partial charge in [-0.25, -0.2) is 0 Å². The first-order valence-electron chi connectivity index (χ1n) is 4.40. The first kappa shape index (κ1) is 9.48. The molecule has 4 heteroatoms. The Morgan fingerprint density at radius 2 is 2.50 bits per heavy atom. The number of ether oxygens (including phenoxy) is 1. The van der Waals surface area contributed by atoms with Crippen LogP contribution in [0.25, 0.3) is 0 Å². The summed E-state index contributed by atoms with van der Waals surface area (Å²) in [6.45, 7) is 4.61. The average Bonchev–Trinajstić information content (AvgIpc) is 2.09. The standard InChI is InChI=1S/C8H16N2O2/c1-2-10-5-6-12-7(3-4-9)8(10)11/h7H,2-6,9H2,1H3. The largest absolute Gasteiger partial charge is 0.366 e. The Bertz CT molecular complexity index is 159. The Kier molecular flexibility index (Phi) is 3.49. The monoisotopic (exact) mass is 172 g/mol. The van der Waals surface area contributed by atoms with Crippen LogP contribution >= 0.6 is 0 Å². The molecule has 1 heterocycles. The van der Waals surface area contributed by atoms with E-state index in [0.717, 1.165) is 13.1 Å². The van der Waals surface area contributed by atoms with Gasteiger partial charge in [0.15, 0.2) is 0 Å². The molecule has 0 spiro atoms. The fourth-order valence-corrected chi connectivity index (χ4v) is 1.36. The summed E-state index contributed by atoms with van der Waals surface area (Å²) < 4.78 is 5.29. The molecule has 1 aliphatic rings. The van der Waals surface area contributed by atoms with Gasteiger partial charge in [-0.05, 0) is 19.9 Å². The van der Waals surface area contributed by atoms with Crippen molar-refractivity contribution in [3.8, 4) is 0 Å². The Morgan fingerprint density at radius 1 is 1.75 bits per heavy atom. The lowest BCUT2D eigenvalue weighted by atomic mass is 10.2. The molecule has 1 aliphatic heterocycles. The quantitative estimate of drug-likeness (QED) is 0.629. The number of hydrogen-bond acceptors (Lipinski definition) is 3. The number of nitrogens with two attached hydrogens (primary N) is 1. The summed E-state index contributed by atoms with van der Waals surface area (Å²) in [6, 6.07) is 0. The second kappa shape index (κ2) is 4.42. The molecule has 1 fully saturated rings. The lowest BCUT2D eigenvalue weighted by molar-refractivity contribution is -0.152. The van der Waals surface area contributed by atoms with Crippen molar-refractivity contribution in [3.63, 3.8) is 0 Å². The fraction of sp³-hybridized carbons (Fsp3) is 0.875. The number of hydrogen-bond donors (Lipinski definition) is 1. The van der Waals surface area contributed by atoms with E-state index in [2.05, 4.69) is 0 Å². The molecule has 0 aromatic heterocycles. The summed E-state index contributed by atoms with van der Waals surface area (Å²) in [5.74, 6) is 0.0919. The van der Waals surface area contributed by atoms with Gasteiger partial charge in [-0.3, -0.25) is 4.79 Å². The van der Waals surface area contributed by atoms with Crippen LogP contribution in [0.4, 0.5) is 0 Å². The highest BCUT2D eigenvalue weighted by atomic mass is 16.5. The number of morpholine rings is 1. The van der Waals surface area contributed by atoms with Crippen molar-refractivity contribution in [1.82, 2.24) is 4.90 Å². The van der Waals surface area contributed by atoms with Crippen molar-refractivity contribution in [2.24, 2.45) is 5.73 Å². The van der Waals surface area contributed by atoms with E-state index in [-0.39, 0.29) is 12.0 Å². The van der Waals surface area contributed by atoms with Gasteiger partial charge in [-0.15, -0.1) is 0 Å². The lowest BCUT2D eigenvalue weighted by Crippen LogP contribution is -2.48. The molecule has 0 saturated carbocycles. The number of rotatable bonds is 3. The molecule has 1 amide bonds. The second-order valence-electron chi connectivity index (χ2n) is 2.85. The molecule has 0 aromatic rings. The van der Waals surface area contributed by atoms with Crippen molar-refractivity contribution < 1.29 is 9.53 Å². The van der Waals surface area contributed by atoms with Gasteiger partial charge < -0.3 is 15.4 Å². The number of amides is 1. The molecule has 1 unspecified atom stereocenters. The zero-order chi connectivity index (χ0) is 8.97. The third-order valence-electron chi connectivity index (χ3n) is 2.08. The smallest absolute Gasteiger partial charge is 0.251 e. The molecule has 0 aromatic carbocycles. The van der Waals surface area contributed by atoms with Gasteiger partial charge in [-0.2, -0.15) is 0 Å². The Balaban J connectivity index is 2.47. The molecule has 1 rings (SSSR count). The predicted octanol–water partition coefficient (Wildman–Crippen LogP) is -0.417. The van der Waals surface area contributed by atoms with Crippen LogP contribution in [0.15, 0.2) is 0 Å². The van der Waals surface area contributed by atoms with E-state index in [1.807, 2.05) is 11.8 Å². The topological polar surface area (TPSA) is 55.6 Å². The van der Waals surface area contributed by atoms with Crippen LogP contribution in [0.1, 0.15) is 13.3 Å². The summed E-state index contributed by atoms with van der Waals surface area (Å²) in [7, 11) is 0. The van der Waals surface area contributed by atoms with Gasteiger partial charge in [0.2, 0.25) is 0 Å². The second-order valence-corrected chi connectivity index (χ2v) is 2.85. The molecule has 0 bridgehead atoms. The highest BCUT2D eigenvalue weighted by Crippen LogP contribution is 2.08. The van der Waals surface area contributed by atoms with E-state index in [1.165, 1.54) is 0 Å². The molecule has 0 radical (unpaired) electrons. The van der Waals surface area contributed by atoms with E-state index < -0.39 is 0 Å². The first-order valence-corrected chi connectivity index (χ1v) is 4.40. The van der Waals surface area contributed by atoms with E-state index in [9.17, 15) is 4.79 Å². The maximum atomic E-state index is 11.5. The van der Waals surface area contributed by atoms with Crippen molar-refractivity contribution in [2.45, 2.75) is 19.4 Å². The Morgan fingerprint density at radius 3 is 3.08 bits per heavy atom. The zero-order valence-electron chi connectivity index (χ0n) is 7.45. The van der Waals surface area contributed by atoms with Gasteiger partial charge in [0.25, 0.3) is 5.91 Å². The van der Waals surface area contributed by atoms with Crippen LogP contribution in [0.2, 0.25) is 0 Å². The molecule has 12 heavy (non-hydrogen) atoms. The molecular formula is C8H16N2O2. The van der Waals surface area contributed by atoms with Gasteiger partial charge in [-0.1, -0.05) is 0 Å². The molecule has 1 saturated heterocycles. The minimum atomic E-state index is -0.288. The summed E-state index contributed by atoms with van der Waals surface area (Å²) in [4.78, 5) is 13.3.